The molecular weight excluding hydrogens is 294 g/mol. The van der Waals surface area contributed by atoms with Crippen molar-refractivity contribution in [3.63, 3.8) is 0 Å². The molecule has 0 aromatic carbocycles. The van der Waals surface area contributed by atoms with E-state index in [0.29, 0.717) is 11.5 Å². The molecule has 114 valence electrons. The summed E-state index contributed by atoms with van der Waals surface area (Å²) < 4.78 is 6.03. The monoisotopic (exact) mass is 311 g/mol. The van der Waals surface area contributed by atoms with Gasteiger partial charge in [0.25, 0.3) is 0 Å². The first-order chi connectivity index (χ1) is 10.2. The molecule has 0 bridgehead atoms. The second kappa shape index (κ2) is 6.13. The van der Waals surface area contributed by atoms with E-state index in [2.05, 4.69) is 25.1 Å². The number of likely N-dealkylation sites (tertiary alicyclic amines) is 1. The quantitative estimate of drug-likeness (QED) is 0.824. The number of H-pyrrole nitrogens is 1. The van der Waals surface area contributed by atoms with Crippen LogP contribution in [0.3, 0.4) is 0 Å². The highest BCUT2D eigenvalue weighted by molar-refractivity contribution is 6.28. The van der Waals surface area contributed by atoms with Gasteiger partial charge in [0.05, 0.1) is 6.61 Å². The van der Waals surface area contributed by atoms with Gasteiger partial charge < -0.3 is 14.7 Å². The average molecular weight is 312 g/mol. The predicted octanol–water partition coefficient (Wildman–Crippen LogP) is 1.15. The summed E-state index contributed by atoms with van der Waals surface area (Å²) in [5.41, 5.74) is 1.40. The number of rotatable bonds is 4. The third-order valence-electron chi connectivity index (χ3n) is 3.76. The fourth-order valence-corrected chi connectivity index (χ4v) is 2.80. The maximum Gasteiger partial charge on any atom is 0.229 e. The average Bonchev–Trinajstić information content (AvgIpc) is 2.83. The van der Waals surface area contributed by atoms with Crippen LogP contribution in [0, 0.1) is 6.92 Å². The number of aryl methyl sites for hydroxylation is 1. The Balaban J connectivity index is 1.75. The standard InChI is InChI=1S/C13H18ClN5O2/c1-8-10-11(18-17-8)15-13(14)16-12(10)21-9-2-4-19(5-3-9)6-7-20/h9,20H,2-7H2,1H3,(H,15,16,17,18). The minimum atomic E-state index is 0.100. The number of nitrogens with one attached hydrogen (secondary N) is 1. The fourth-order valence-electron chi connectivity index (χ4n) is 2.64. The summed E-state index contributed by atoms with van der Waals surface area (Å²) in [5.74, 6) is 0.497. The molecule has 0 atom stereocenters. The van der Waals surface area contributed by atoms with Gasteiger partial charge in [-0.2, -0.15) is 15.1 Å². The summed E-state index contributed by atoms with van der Waals surface area (Å²) in [7, 11) is 0. The zero-order valence-corrected chi connectivity index (χ0v) is 12.6. The summed E-state index contributed by atoms with van der Waals surface area (Å²) >= 11 is 5.92. The second-order valence-electron chi connectivity index (χ2n) is 5.23. The van der Waals surface area contributed by atoms with Crippen LogP contribution in [0.5, 0.6) is 5.88 Å². The zero-order valence-electron chi connectivity index (χ0n) is 11.8. The lowest BCUT2D eigenvalue weighted by molar-refractivity contribution is 0.0869. The van der Waals surface area contributed by atoms with E-state index in [1.165, 1.54) is 0 Å². The van der Waals surface area contributed by atoms with E-state index in [0.717, 1.165) is 43.6 Å². The SMILES string of the molecule is Cc1[nH]nc2nc(Cl)nc(OC3CCN(CCO)CC3)c12. The number of ether oxygens (including phenoxy) is 1. The van der Waals surface area contributed by atoms with Gasteiger partial charge >= 0.3 is 0 Å². The van der Waals surface area contributed by atoms with E-state index in [9.17, 15) is 0 Å². The van der Waals surface area contributed by atoms with Crippen molar-refractivity contribution >= 4 is 22.6 Å². The van der Waals surface area contributed by atoms with E-state index < -0.39 is 0 Å². The summed E-state index contributed by atoms with van der Waals surface area (Å²) in [6.45, 7) is 4.65. The topological polar surface area (TPSA) is 87.2 Å². The largest absolute Gasteiger partial charge is 0.474 e. The molecular formula is C13H18ClN5O2. The van der Waals surface area contributed by atoms with Crippen molar-refractivity contribution in [3.05, 3.63) is 11.0 Å². The lowest BCUT2D eigenvalue weighted by Crippen LogP contribution is -2.39. The number of halogens is 1. The summed E-state index contributed by atoms with van der Waals surface area (Å²) in [6.07, 6.45) is 1.91. The minimum Gasteiger partial charge on any atom is -0.474 e. The molecule has 0 aliphatic carbocycles. The second-order valence-corrected chi connectivity index (χ2v) is 5.57. The first-order valence-electron chi connectivity index (χ1n) is 7.05. The number of aromatic nitrogens is 4. The highest BCUT2D eigenvalue weighted by Gasteiger charge is 2.23. The van der Waals surface area contributed by atoms with Gasteiger partial charge in [-0.3, -0.25) is 5.10 Å². The number of hydrogen-bond acceptors (Lipinski definition) is 6. The van der Waals surface area contributed by atoms with Crippen molar-refractivity contribution in [1.29, 1.82) is 0 Å². The normalized spacial score (nSPS) is 17.5. The van der Waals surface area contributed by atoms with Crippen LogP contribution in [0.25, 0.3) is 11.0 Å². The Bertz CT molecular complexity index is 624. The molecule has 7 nitrogen and oxygen atoms in total. The van der Waals surface area contributed by atoms with Crippen LogP contribution < -0.4 is 4.74 Å². The summed E-state index contributed by atoms with van der Waals surface area (Å²) in [4.78, 5) is 10.5. The highest BCUT2D eigenvalue weighted by atomic mass is 35.5. The van der Waals surface area contributed by atoms with Crippen LogP contribution >= 0.6 is 11.6 Å². The van der Waals surface area contributed by atoms with Gasteiger partial charge in [0, 0.05) is 25.3 Å². The van der Waals surface area contributed by atoms with Crippen molar-refractivity contribution in [2.45, 2.75) is 25.9 Å². The molecule has 1 aliphatic rings. The molecule has 1 aliphatic heterocycles. The third kappa shape index (κ3) is 3.09. The molecule has 0 radical (unpaired) electrons. The van der Waals surface area contributed by atoms with E-state index in [1.807, 2.05) is 6.92 Å². The lowest BCUT2D eigenvalue weighted by Gasteiger charge is -2.31. The van der Waals surface area contributed by atoms with E-state index in [-0.39, 0.29) is 18.0 Å². The number of nitrogens with zero attached hydrogens (tertiary/aromatic N) is 4. The van der Waals surface area contributed by atoms with E-state index >= 15 is 0 Å². The molecule has 2 aromatic heterocycles. The van der Waals surface area contributed by atoms with Crippen LogP contribution in [0.4, 0.5) is 0 Å². The first kappa shape index (κ1) is 14.5. The molecule has 2 aromatic rings. The Hall–Kier alpha value is -1.44. The molecule has 1 saturated heterocycles. The Labute approximate surface area is 127 Å². The predicted molar refractivity (Wildman–Crippen MR) is 78.6 cm³/mol. The molecule has 8 heteroatoms. The van der Waals surface area contributed by atoms with Crippen molar-refractivity contribution in [1.82, 2.24) is 25.1 Å². The molecule has 21 heavy (non-hydrogen) atoms. The summed E-state index contributed by atoms with van der Waals surface area (Å²) in [6, 6.07) is 0. The van der Waals surface area contributed by atoms with Crippen LogP contribution in [-0.4, -0.2) is 62.5 Å². The zero-order chi connectivity index (χ0) is 14.8. The molecule has 0 saturated carbocycles. The number of fused-ring (bicyclic) bond motifs is 1. The molecule has 0 spiro atoms. The van der Waals surface area contributed by atoms with Crippen LogP contribution in [0.1, 0.15) is 18.5 Å². The Morgan fingerprint density at radius 1 is 1.38 bits per heavy atom. The smallest absolute Gasteiger partial charge is 0.229 e. The maximum absolute atomic E-state index is 8.96. The molecule has 2 N–H and O–H groups in total. The number of hydrogen-bond donors (Lipinski definition) is 2. The number of aliphatic hydroxyl groups excluding tert-OH is 1. The van der Waals surface area contributed by atoms with Gasteiger partial charge in [-0.05, 0) is 31.4 Å². The van der Waals surface area contributed by atoms with Gasteiger partial charge in [0.2, 0.25) is 11.2 Å². The van der Waals surface area contributed by atoms with Gasteiger partial charge in [-0.1, -0.05) is 0 Å². The third-order valence-corrected chi connectivity index (χ3v) is 3.93. The van der Waals surface area contributed by atoms with Crippen LogP contribution in [-0.2, 0) is 0 Å². The van der Waals surface area contributed by atoms with Gasteiger partial charge in [0.15, 0.2) is 5.65 Å². The van der Waals surface area contributed by atoms with Crippen LogP contribution in [0.2, 0.25) is 5.28 Å². The van der Waals surface area contributed by atoms with Crippen molar-refractivity contribution in [2.24, 2.45) is 0 Å². The van der Waals surface area contributed by atoms with Gasteiger partial charge in [0.1, 0.15) is 11.5 Å². The van der Waals surface area contributed by atoms with Gasteiger partial charge in [-0.15, -0.1) is 0 Å². The van der Waals surface area contributed by atoms with E-state index in [1.54, 1.807) is 0 Å². The molecule has 1 fully saturated rings. The van der Waals surface area contributed by atoms with Crippen molar-refractivity contribution < 1.29 is 9.84 Å². The van der Waals surface area contributed by atoms with Crippen LogP contribution in [0.15, 0.2) is 0 Å². The Morgan fingerprint density at radius 3 is 2.86 bits per heavy atom. The number of β-amino-alcohol motifs (C(OH)–C–C–N with tert-alkyl or cyclic N) is 1. The molecule has 3 heterocycles. The van der Waals surface area contributed by atoms with Crippen molar-refractivity contribution in [2.75, 3.05) is 26.2 Å². The van der Waals surface area contributed by atoms with Gasteiger partial charge in [-0.25, -0.2) is 0 Å². The van der Waals surface area contributed by atoms with Crippen molar-refractivity contribution in [3.8, 4) is 5.88 Å². The van der Waals surface area contributed by atoms with E-state index in [4.69, 9.17) is 21.4 Å². The number of aliphatic hydroxyl groups is 1. The Kier molecular flexibility index (Phi) is 4.23. The molecule has 3 rings (SSSR count). The number of aromatic amines is 1. The highest BCUT2D eigenvalue weighted by Crippen LogP contribution is 2.27. The molecule has 0 unspecified atom stereocenters. The lowest BCUT2D eigenvalue weighted by atomic mass is 10.1. The summed E-state index contributed by atoms with van der Waals surface area (Å²) in [5, 5.41) is 16.9. The Morgan fingerprint density at radius 2 is 2.14 bits per heavy atom. The minimum absolute atomic E-state index is 0.100. The maximum atomic E-state index is 8.96. The number of piperidine rings is 1. The fraction of sp³-hybridized carbons (Fsp3) is 0.615. The first-order valence-corrected chi connectivity index (χ1v) is 7.43. The molecule has 0 amide bonds.